The SMILES string of the molecule is Nn1cccc1C(=O)C1CC1. The lowest BCUT2D eigenvalue weighted by Crippen LogP contribution is -2.15. The number of nitrogens with two attached hydrogens (primary N) is 1. The first-order chi connectivity index (χ1) is 5.29. The van der Waals surface area contributed by atoms with Crippen molar-refractivity contribution in [3.05, 3.63) is 24.0 Å². The van der Waals surface area contributed by atoms with Gasteiger partial charge in [-0.05, 0) is 25.0 Å². The first kappa shape index (κ1) is 6.46. The molecule has 2 N–H and O–H groups in total. The average Bonchev–Trinajstić information content (AvgIpc) is 2.74. The van der Waals surface area contributed by atoms with Crippen LogP contribution in [0.2, 0.25) is 0 Å². The molecule has 0 atom stereocenters. The number of rotatable bonds is 2. The van der Waals surface area contributed by atoms with Gasteiger partial charge < -0.3 is 5.84 Å². The molecule has 11 heavy (non-hydrogen) atoms. The molecule has 3 nitrogen and oxygen atoms in total. The first-order valence-electron chi connectivity index (χ1n) is 3.75. The van der Waals surface area contributed by atoms with Crippen LogP contribution >= 0.6 is 0 Å². The summed E-state index contributed by atoms with van der Waals surface area (Å²) in [6.07, 6.45) is 3.75. The van der Waals surface area contributed by atoms with Crippen LogP contribution in [0.3, 0.4) is 0 Å². The molecule has 1 heterocycles. The van der Waals surface area contributed by atoms with E-state index in [9.17, 15) is 4.79 Å². The third-order valence-corrected chi connectivity index (χ3v) is 1.98. The van der Waals surface area contributed by atoms with Crippen LogP contribution in [-0.2, 0) is 0 Å². The molecule has 0 aromatic carbocycles. The molecule has 1 aromatic rings. The molecular formula is C8H10N2O. The van der Waals surface area contributed by atoms with E-state index in [1.165, 1.54) is 4.68 Å². The Morgan fingerprint density at radius 1 is 1.64 bits per heavy atom. The van der Waals surface area contributed by atoms with E-state index in [1.807, 2.05) is 0 Å². The third kappa shape index (κ3) is 1.02. The highest BCUT2D eigenvalue weighted by atomic mass is 16.1. The first-order valence-corrected chi connectivity index (χ1v) is 3.75. The smallest absolute Gasteiger partial charge is 0.184 e. The molecule has 0 unspecified atom stereocenters. The molecular weight excluding hydrogens is 140 g/mol. The summed E-state index contributed by atoms with van der Waals surface area (Å²) in [5.41, 5.74) is 0.632. The van der Waals surface area contributed by atoms with Crippen molar-refractivity contribution in [3.8, 4) is 0 Å². The minimum Gasteiger partial charge on any atom is -0.339 e. The van der Waals surface area contributed by atoms with Crippen LogP contribution in [0.5, 0.6) is 0 Å². The Hall–Kier alpha value is -1.25. The molecule has 0 spiro atoms. The van der Waals surface area contributed by atoms with Gasteiger partial charge in [-0.3, -0.25) is 9.47 Å². The van der Waals surface area contributed by atoms with Crippen LogP contribution < -0.4 is 5.84 Å². The molecule has 2 rings (SSSR count). The van der Waals surface area contributed by atoms with E-state index >= 15 is 0 Å². The van der Waals surface area contributed by atoms with E-state index < -0.39 is 0 Å². The molecule has 1 fully saturated rings. The molecule has 0 radical (unpaired) electrons. The van der Waals surface area contributed by atoms with E-state index in [-0.39, 0.29) is 11.7 Å². The number of carbonyl (C=O) groups excluding carboxylic acids is 1. The summed E-state index contributed by atoms with van der Waals surface area (Å²) in [5.74, 6) is 5.95. The maximum absolute atomic E-state index is 11.4. The normalized spacial score (nSPS) is 16.7. The van der Waals surface area contributed by atoms with E-state index in [2.05, 4.69) is 0 Å². The average molecular weight is 150 g/mol. The van der Waals surface area contributed by atoms with Crippen LogP contribution in [0.4, 0.5) is 0 Å². The van der Waals surface area contributed by atoms with Gasteiger partial charge in [-0.15, -0.1) is 0 Å². The summed E-state index contributed by atoms with van der Waals surface area (Å²) in [6.45, 7) is 0. The molecule has 58 valence electrons. The lowest BCUT2D eigenvalue weighted by molar-refractivity contribution is 0.0960. The minimum absolute atomic E-state index is 0.192. The summed E-state index contributed by atoms with van der Waals surface area (Å²) in [4.78, 5) is 11.4. The standard InChI is InChI=1S/C8H10N2O/c9-10-5-1-2-7(10)8(11)6-3-4-6/h1-2,5-6H,3-4,9H2. The van der Waals surface area contributed by atoms with Crippen LogP contribution in [0, 0.1) is 5.92 Å². The molecule has 3 heteroatoms. The van der Waals surface area contributed by atoms with E-state index in [1.54, 1.807) is 18.3 Å². The zero-order valence-electron chi connectivity index (χ0n) is 6.16. The van der Waals surface area contributed by atoms with Crippen LogP contribution in [0.25, 0.3) is 0 Å². The van der Waals surface area contributed by atoms with Gasteiger partial charge in [0, 0.05) is 12.1 Å². The minimum atomic E-state index is 0.192. The molecule has 0 bridgehead atoms. The molecule has 0 saturated heterocycles. The van der Waals surface area contributed by atoms with E-state index in [4.69, 9.17) is 5.84 Å². The monoisotopic (exact) mass is 150 g/mol. The zero-order chi connectivity index (χ0) is 7.84. The lowest BCUT2D eigenvalue weighted by atomic mass is 10.2. The quantitative estimate of drug-likeness (QED) is 0.500. The predicted octanol–water partition coefficient (Wildman–Crippen LogP) is 0.795. The highest BCUT2D eigenvalue weighted by Crippen LogP contribution is 2.32. The van der Waals surface area contributed by atoms with Crippen molar-refractivity contribution in [2.45, 2.75) is 12.8 Å². The Morgan fingerprint density at radius 2 is 2.36 bits per heavy atom. The van der Waals surface area contributed by atoms with Gasteiger partial charge in [-0.1, -0.05) is 0 Å². The summed E-state index contributed by atoms with van der Waals surface area (Å²) in [5, 5.41) is 0. The number of carbonyl (C=O) groups is 1. The molecule has 1 saturated carbocycles. The van der Waals surface area contributed by atoms with Crippen molar-refractivity contribution >= 4 is 5.78 Å². The summed E-state index contributed by atoms with van der Waals surface area (Å²) in [7, 11) is 0. The van der Waals surface area contributed by atoms with Gasteiger partial charge in [0.1, 0.15) is 5.69 Å². The Labute approximate surface area is 64.8 Å². The number of hydrogen-bond donors (Lipinski definition) is 1. The lowest BCUT2D eigenvalue weighted by Gasteiger charge is -1.98. The maximum Gasteiger partial charge on any atom is 0.184 e. The second kappa shape index (κ2) is 2.12. The Morgan fingerprint density at radius 3 is 2.82 bits per heavy atom. The zero-order valence-corrected chi connectivity index (χ0v) is 6.16. The molecule has 0 aliphatic heterocycles. The van der Waals surface area contributed by atoms with Gasteiger partial charge >= 0.3 is 0 Å². The van der Waals surface area contributed by atoms with Crippen molar-refractivity contribution in [1.29, 1.82) is 0 Å². The third-order valence-electron chi connectivity index (χ3n) is 1.98. The number of aromatic nitrogens is 1. The van der Waals surface area contributed by atoms with Gasteiger partial charge in [-0.2, -0.15) is 0 Å². The van der Waals surface area contributed by atoms with Crippen molar-refractivity contribution in [2.24, 2.45) is 5.92 Å². The van der Waals surface area contributed by atoms with Crippen LogP contribution in [0.1, 0.15) is 23.3 Å². The Bertz CT molecular complexity index is 286. The van der Waals surface area contributed by atoms with Gasteiger partial charge in [0.15, 0.2) is 5.78 Å². The number of nitrogens with zero attached hydrogens (tertiary/aromatic N) is 1. The Kier molecular flexibility index (Phi) is 1.24. The number of Topliss-reactive ketones (excluding diaryl/α,β-unsaturated/α-hetero) is 1. The van der Waals surface area contributed by atoms with Crippen LogP contribution in [-0.4, -0.2) is 10.5 Å². The highest BCUT2D eigenvalue weighted by Gasteiger charge is 2.31. The summed E-state index contributed by atoms with van der Waals surface area (Å²) in [6, 6.07) is 3.55. The fourth-order valence-corrected chi connectivity index (χ4v) is 1.16. The van der Waals surface area contributed by atoms with E-state index in [0.717, 1.165) is 12.8 Å². The predicted molar refractivity (Wildman–Crippen MR) is 41.6 cm³/mol. The van der Waals surface area contributed by atoms with Crippen molar-refractivity contribution < 1.29 is 4.79 Å². The van der Waals surface area contributed by atoms with Gasteiger partial charge in [-0.25, -0.2) is 0 Å². The number of ketones is 1. The van der Waals surface area contributed by atoms with E-state index in [0.29, 0.717) is 5.69 Å². The number of hydrogen-bond acceptors (Lipinski definition) is 2. The van der Waals surface area contributed by atoms with Crippen molar-refractivity contribution in [1.82, 2.24) is 4.68 Å². The fraction of sp³-hybridized carbons (Fsp3) is 0.375. The molecule has 1 aliphatic rings. The maximum atomic E-state index is 11.4. The molecule has 1 aromatic heterocycles. The topological polar surface area (TPSA) is 48.0 Å². The van der Waals surface area contributed by atoms with Gasteiger partial charge in [0.2, 0.25) is 0 Å². The summed E-state index contributed by atoms with van der Waals surface area (Å²) < 4.78 is 1.39. The second-order valence-electron chi connectivity index (χ2n) is 2.94. The largest absolute Gasteiger partial charge is 0.339 e. The van der Waals surface area contributed by atoms with Gasteiger partial charge in [0.05, 0.1) is 0 Å². The second-order valence-corrected chi connectivity index (χ2v) is 2.94. The Balaban J connectivity index is 2.27. The summed E-state index contributed by atoms with van der Waals surface area (Å²) >= 11 is 0. The molecule has 1 aliphatic carbocycles. The highest BCUT2D eigenvalue weighted by molar-refractivity contribution is 5.97. The van der Waals surface area contributed by atoms with Crippen molar-refractivity contribution in [3.63, 3.8) is 0 Å². The van der Waals surface area contributed by atoms with Crippen molar-refractivity contribution in [2.75, 3.05) is 5.84 Å². The van der Waals surface area contributed by atoms with Gasteiger partial charge in [0.25, 0.3) is 0 Å². The van der Waals surface area contributed by atoms with Crippen LogP contribution in [0.15, 0.2) is 18.3 Å². The number of nitrogen functional groups attached to an aromatic ring is 1. The fourth-order valence-electron chi connectivity index (χ4n) is 1.16. The molecule has 0 amide bonds.